The number of allylic oxidation sites excluding steroid dienone is 2. The van der Waals surface area contributed by atoms with Crippen molar-refractivity contribution in [2.24, 2.45) is 0 Å². The topological polar surface area (TPSA) is 100 Å². The Bertz CT molecular complexity index is 1070. The predicted octanol–water partition coefficient (Wildman–Crippen LogP) is 3.17. The SMILES string of the molecule is O=C1C[C@@H](c2cccs2)CC2=C1[C@@H](c1ccc(O)c(O)c1)n1ncnc1N2. The molecule has 0 unspecified atom stereocenters. The van der Waals surface area contributed by atoms with Crippen molar-refractivity contribution in [1.82, 2.24) is 14.8 Å². The highest BCUT2D eigenvalue weighted by molar-refractivity contribution is 7.10. The number of nitrogens with one attached hydrogen (secondary N) is 1. The summed E-state index contributed by atoms with van der Waals surface area (Å²) in [5, 5.41) is 29.2. The minimum Gasteiger partial charge on any atom is -0.504 e. The van der Waals surface area contributed by atoms with E-state index in [9.17, 15) is 15.0 Å². The Morgan fingerprint density at radius 1 is 1.19 bits per heavy atom. The van der Waals surface area contributed by atoms with Crippen molar-refractivity contribution < 1.29 is 15.0 Å². The van der Waals surface area contributed by atoms with E-state index in [0.717, 1.165) is 12.1 Å². The molecular formula is C19H16N4O3S. The maximum atomic E-state index is 13.1. The average molecular weight is 380 g/mol. The van der Waals surface area contributed by atoms with Crippen LogP contribution in [0.5, 0.6) is 11.5 Å². The van der Waals surface area contributed by atoms with Gasteiger partial charge < -0.3 is 15.5 Å². The first kappa shape index (κ1) is 16.1. The van der Waals surface area contributed by atoms with Crippen molar-refractivity contribution in [1.29, 1.82) is 0 Å². The fourth-order valence-electron chi connectivity index (χ4n) is 3.90. The molecule has 0 bridgehead atoms. The highest BCUT2D eigenvalue weighted by atomic mass is 32.1. The molecule has 0 fully saturated rings. The number of phenols is 2. The number of anilines is 1. The number of fused-ring (bicyclic) bond motifs is 1. The molecule has 5 rings (SSSR count). The summed E-state index contributed by atoms with van der Waals surface area (Å²) in [5.41, 5.74) is 2.17. The Hall–Kier alpha value is -3.13. The van der Waals surface area contributed by atoms with Gasteiger partial charge in [0.25, 0.3) is 0 Å². The molecule has 0 amide bonds. The lowest BCUT2D eigenvalue weighted by Gasteiger charge is -2.34. The highest BCUT2D eigenvalue weighted by Gasteiger charge is 2.39. The van der Waals surface area contributed by atoms with Crippen molar-refractivity contribution in [3.63, 3.8) is 0 Å². The summed E-state index contributed by atoms with van der Waals surface area (Å²) in [6, 6.07) is 8.17. The van der Waals surface area contributed by atoms with E-state index in [-0.39, 0.29) is 23.2 Å². The minimum absolute atomic E-state index is 0.0564. The number of hydrogen-bond donors (Lipinski definition) is 3. The van der Waals surface area contributed by atoms with Crippen LogP contribution < -0.4 is 5.32 Å². The third-order valence-electron chi connectivity index (χ3n) is 5.12. The van der Waals surface area contributed by atoms with E-state index < -0.39 is 6.04 Å². The normalized spacial score (nSPS) is 21.6. The summed E-state index contributed by atoms with van der Waals surface area (Å²) in [5.74, 6) is 0.335. The molecule has 136 valence electrons. The van der Waals surface area contributed by atoms with Crippen LogP contribution in [0.2, 0.25) is 0 Å². The Morgan fingerprint density at radius 2 is 2.07 bits per heavy atom. The molecule has 0 saturated carbocycles. The van der Waals surface area contributed by atoms with E-state index >= 15 is 0 Å². The van der Waals surface area contributed by atoms with E-state index in [1.165, 1.54) is 23.3 Å². The van der Waals surface area contributed by atoms with Gasteiger partial charge in [-0.15, -0.1) is 11.3 Å². The van der Waals surface area contributed by atoms with Crippen LogP contribution in [0.1, 0.15) is 35.2 Å². The van der Waals surface area contributed by atoms with E-state index in [1.807, 2.05) is 11.4 Å². The van der Waals surface area contributed by atoms with Crippen LogP contribution in [-0.2, 0) is 4.79 Å². The minimum atomic E-state index is -0.484. The van der Waals surface area contributed by atoms with Crippen LogP contribution in [0.25, 0.3) is 0 Å². The molecule has 0 saturated heterocycles. The number of benzene rings is 1. The summed E-state index contributed by atoms with van der Waals surface area (Å²) < 4.78 is 1.65. The van der Waals surface area contributed by atoms with Gasteiger partial charge in [0.1, 0.15) is 12.4 Å². The lowest BCUT2D eigenvalue weighted by Crippen LogP contribution is -2.33. The second-order valence-corrected chi connectivity index (χ2v) is 7.72. The average Bonchev–Trinajstić information content (AvgIpc) is 3.33. The van der Waals surface area contributed by atoms with Crippen LogP contribution in [0.3, 0.4) is 0 Å². The van der Waals surface area contributed by atoms with Crippen LogP contribution in [-0.4, -0.2) is 30.8 Å². The van der Waals surface area contributed by atoms with Gasteiger partial charge in [-0.2, -0.15) is 10.1 Å². The first-order valence-corrected chi connectivity index (χ1v) is 9.48. The lowest BCUT2D eigenvalue weighted by atomic mass is 9.80. The number of Topliss-reactive ketones (excluding diaryl/α,β-unsaturated/α-hetero) is 1. The summed E-state index contributed by atoms with van der Waals surface area (Å²) in [6.45, 7) is 0. The van der Waals surface area contributed by atoms with Crippen molar-refractivity contribution >= 4 is 23.1 Å². The standard InChI is InChI=1S/C19H16N4O3S/c24-13-4-3-10(7-14(13)25)18-17-12(22-19-20-9-21-23(18)19)6-11(8-15(17)26)16-2-1-5-27-16/h1-5,7,9,11,18,24-25H,6,8H2,(H,20,21,22)/t11-,18+/m0/s1. The number of thiophene rings is 1. The van der Waals surface area contributed by atoms with Gasteiger partial charge in [0.15, 0.2) is 17.3 Å². The Labute approximate surface area is 158 Å². The van der Waals surface area contributed by atoms with Gasteiger partial charge in [0.2, 0.25) is 5.95 Å². The molecule has 2 aromatic heterocycles. The predicted molar refractivity (Wildman–Crippen MR) is 99.9 cm³/mol. The maximum Gasteiger partial charge on any atom is 0.226 e. The summed E-state index contributed by atoms with van der Waals surface area (Å²) >= 11 is 1.66. The number of nitrogens with zero attached hydrogens (tertiary/aromatic N) is 3. The molecule has 3 N–H and O–H groups in total. The van der Waals surface area contributed by atoms with Crippen molar-refractivity contribution in [2.45, 2.75) is 24.8 Å². The molecule has 2 atom stereocenters. The molecule has 2 aliphatic rings. The molecule has 8 heteroatoms. The number of aromatic nitrogens is 3. The van der Waals surface area contributed by atoms with Gasteiger partial charge >= 0.3 is 0 Å². The molecule has 3 aromatic rings. The zero-order valence-corrected chi connectivity index (χ0v) is 15.0. The second-order valence-electron chi connectivity index (χ2n) is 6.74. The van der Waals surface area contributed by atoms with Gasteiger partial charge in [-0.1, -0.05) is 12.1 Å². The fraction of sp³-hybridized carbons (Fsp3) is 0.211. The van der Waals surface area contributed by atoms with Crippen molar-refractivity contribution in [2.75, 3.05) is 5.32 Å². The third kappa shape index (κ3) is 2.52. The van der Waals surface area contributed by atoms with Gasteiger partial charge in [0.05, 0.1) is 0 Å². The van der Waals surface area contributed by atoms with Crippen LogP contribution in [0.4, 0.5) is 5.95 Å². The number of aromatic hydroxyl groups is 2. The quantitative estimate of drug-likeness (QED) is 0.591. The molecular weight excluding hydrogens is 364 g/mol. The highest BCUT2D eigenvalue weighted by Crippen LogP contribution is 2.45. The van der Waals surface area contributed by atoms with Crippen LogP contribution in [0, 0.1) is 0 Å². The zero-order valence-electron chi connectivity index (χ0n) is 14.2. The molecule has 0 radical (unpaired) electrons. The Morgan fingerprint density at radius 3 is 2.85 bits per heavy atom. The molecule has 27 heavy (non-hydrogen) atoms. The molecule has 1 aliphatic heterocycles. The smallest absolute Gasteiger partial charge is 0.226 e. The molecule has 0 spiro atoms. The maximum absolute atomic E-state index is 13.1. The van der Waals surface area contributed by atoms with E-state index in [2.05, 4.69) is 21.5 Å². The van der Waals surface area contributed by atoms with E-state index in [0.29, 0.717) is 23.5 Å². The van der Waals surface area contributed by atoms with Crippen molar-refractivity contribution in [3.05, 3.63) is 63.7 Å². The van der Waals surface area contributed by atoms with Crippen LogP contribution in [0.15, 0.2) is 53.3 Å². The van der Waals surface area contributed by atoms with E-state index in [4.69, 9.17) is 0 Å². The third-order valence-corrected chi connectivity index (χ3v) is 6.16. The van der Waals surface area contributed by atoms with Gasteiger partial charge in [0, 0.05) is 28.5 Å². The number of phenolic OH excluding ortho intramolecular Hbond substituents is 2. The van der Waals surface area contributed by atoms with Crippen molar-refractivity contribution in [3.8, 4) is 11.5 Å². The van der Waals surface area contributed by atoms with Gasteiger partial charge in [-0.05, 0) is 35.6 Å². The summed E-state index contributed by atoms with van der Waals surface area (Å²) in [4.78, 5) is 18.6. The molecule has 1 aromatic carbocycles. The van der Waals surface area contributed by atoms with Crippen LogP contribution >= 0.6 is 11.3 Å². The zero-order chi connectivity index (χ0) is 18.5. The molecule has 7 nitrogen and oxygen atoms in total. The summed E-state index contributed by atoms with van der Waals surface area (Å²) in [6.07, 6.45) is 2.59. The van der Waals surface area contributed by atoms with Gasteiger partial charge in [-0.25, -0.2) is 4.68 Å². The number of ketones is 1. The van der Waals surface area contributed by atoms with E-state index in [1.54, 1.807) is 22.1 Å². The second kappa shape index (κ2) is 5.95. The Kier molecular flexibility index (Phi) is 3.54. The monoisotopic (exact) mass is 380 g/mol. The number of hydrogen-bond acceptors (Lipinski definition) is 7. The largest absolute Gasteiger partial charge is 0.504 e. The number of carbonyl (C=O) groups excluding carboxylic acids is 1. The van der Waals surface area contributed by atoms with Gasteiger partial charge in [-0.3, -0.25) is 4.79 Å². The number of rotatable bonds is 2. The molecule has 1 aliphatic carbocycles. The first-order chi connectivity index (χ1) is 13.1. The first-order valence-electron chi connectivity index (χ1n) is 8.60. The molecule has 3 heterocycles. The Balaban J connectivity index is 1.63. The summed E-state index contributed by atoms with van der Waals surface area (Å²) in [7, 11) is 0. The number of carbonyl (C=O) groups is 1. The fourth-order valence-corrected chi connectivity index (χ4v) is 4.73. The lowest BCUT2D eigenvalue weighted by molar-refractivity contribution is -0.116.